The van der Waals surface area contributed by atoms with Crippen molar-refractivity contribution in [1.82, 2.24) is 0 Å². The summed E-state index contributed by atoms with van der Waals surface area (Å²) >= 11 is 0. The maximum atomic E-state index is 12.1. The monoisotopic (exact) mass is 434 g/mol. The van der Waals surface area contributed by atoms with Crippen LogP contribution in [0.15, 0.2) is 78.9 Å². The molecule has 0 aromatic heterocycles. The largest absolute Gasteiger partial charge is 0.493 e. The van der Waals surface area contributed by atoms with Crippen molar-refractivity contribution in [2.75, 3.05) is 19.8 Å². The first-order valence-corrected chi connectivity index (χ1v) is 10.9. The van der Waals surface area contributed by atoms with Crippen molar-refractivity contribution in [2.45, 2.75) is 32.8 Å². The molecule has 0 saturated heterocycles. The van der Waals surface area contributed by atoms with Crippen LogP contribution < -0.4 is 14.2 Å². The number of hydrogen-bond donors (Lipinski definition) is 0. The second-order valence-electron chi connectivity index (χ2n) is 7.55. The summed E-state index contributed by atoms with van der Waals surface area (Å²) in [6, 6.07) is 21.1. The highest BCUT2D eigenvalue weighted by molar-refractivity contribution is 5.93. The molecule has 0 fully saturated rings. The Balaban J connectivity index is 1.73. The van der Waals surface area contributed by atoms with Gasteiger partial charge in [-0.2, -0.15) is 0 Å². The van der Waals surface area contributed by atoms with E-state index in [1.165, 1.54) is 0 Å². The average Bonchev–Trinajstić information content (AvgIpc) is 2.82. The minimum atomic E-state index is -0.598. The third-order valence-electron chi connectivity index (χ3n) is 4.83. The lowest BCUT2D eigenvalue weighted by Gasteiger charge is -2.20. The molecule has 0 N–H and O–H groups in total. The standard InChI is InChI=1S/C27H30O5/c1-4-5-17-29-25-15-16-26(24-14-10-9-13-23(24)25)31-19-22(32-27(28)20(2)3)18-30-21-11-7-6-8-12-21/h6-16,22H,2,4-5,17-19H2,1,3H3. The van der Waals surface area contributed by atoms with E-state index >= 15 is 0 Å². The molecule has 0 bridgehead atoms. The van der Waals surface area contributed by atoms with Crippen LogP contribution in [0.3, 0.4) is 0 Å². The first-order chi connectivity index (χ1) is 15.6. The number of unbranched alkanes of at least 4 members (excludes halogenated alkanes) is 1. The Labute approximate surface area is 189 Å². The zero-order valence-corrected chi connectivity index (χ0v) is 18.7. The number of hydrogen-bond acceptors (Lipinski definition) is 5. The van der Waals surface area contributed by atoms with Gasteiger partial charge < -0.3 is 18.9 Å². The molecule has 0 aliphatic heterocycles. The molecule has 0 spiro atoms. The van der Waals surface area contributed by atoms with Gasteiger partial charge in [0.05, 0.1) is 6.61 Å². The predicted molar refractivity (Wildman–Crippen MR) is 126 cm³/mol. The molecule has 0 saturated carbocycles. The Morgan fingerprint density at radius 3 is 2.06 bits per heavy atom. The van der Waals surface area contributed by atoms with Gasteiger partial charge in [0.25, 0.3) is 0 Å². The SMILES string of the molecule is C=C(C)C(=O)OC(COc1ccccc1)COc1ccc(OCCCC)c2ccccc12. The summed E-state index contributed by atoms with van der Waals surface area (Å²) in [6.07, 6.45) is 1.48. The van der Waals surface area contributed by atoms with Crippen LogP contribution in [0.2, 0.25) is 0 Å². The summed E-state index contributed by atoms with van der Waals surface area (Å²) in [5, 5.41) is 1.92. The topological polar surface area (TPSA) is 54.0 Å². The summed E-state index contributed by atoms with van der Waals surface area (Å²) in [4.78, 5) is 12.1. The Hall–Kier alpha value is -3.47. The highest BCUT2D eigenvalue weighted by atomic mass is 16.6. The summed E-state index contributed by atoms with van der Waals surface area (Å²) in [6.45, 7) is 8.39. The summed E-state index contributed by atoms with van der Waals surface area (Å²) in [5.41, 5.74) is 0.328. The Bertz CT molecular complexity index is 1030. The van der Waals surface area contributed by atoms with Gasteiger partial charge in [-0.1, -0.05) is 62.4 Å². The predicted octanol–water partition coefficient (Wildman–Crippen LogP) is 5.96. The number of esters is 1. The highest BCUT2D eigenvalue weighted by Gasteiger charge is 2.18. The number of carbonyl (C=O) groups excluding carboxylic acids is 1. The molecule has 5 nitrogen and oxygen atoms in total. The molecule has 0 aliphatic carbocycles. The van der Waals surface area contributed by atoms with Crippen LogP contribution in [0.25, 0.3) is 10.8 Å². The van der Waals surface area contributed by atoms with E-state index in [1.54, 1.807) is 6.92 Å². The molecule has 0 amide bonds. The summed E-state index contributed by atoms with van der Waals surface area (Å²) < 4.78 is 23.4. The molecule has 0 radical (unpaired) electrons. The van der Waals surface area contributed by atoms with Crippen molar-refractivity contribution in [2.24, 2.45) is 0 Å². The maximum absolute atomic E-state index is 12.1. The van der Waals surface area contributed by atoms with Crippen LogP contribution in [0.4, 0.5) is 0 Å². The second kappa shape index (κ2) is 11.8. The number of rotatable bonds is 12. The van der Waals surface area contributed by atoms with Crippen LogP contribution in [0.1, 0.15) is 26.7 Å². The van der Waals surface area contributed by atoms with Gasteiger partial charge in [-0.15, -0.1) is 0 Å². The van der Waals surface area contributed by atoms with E-state index in [1.807, 2.05) is 66.7 Å². The Kier molecular flexibility index (Phi) is 8.55. The lowest BCUT2D eigenvalue weighted by atomic mass is 10.1. The normalized spacial score (nSPS) is 11.6. The van der Waals surface area contributed by atoms with Gasteiger partial charge in [0.2, 0.25) is 0 Å². The summed E-state index contributed by atoms with van der Waals surface area (Å²) in [7, 11) is 0. The molecule has 3 aromatic rings. The van der Waals surface area contributed by atoms with Crippen LogP contribution in [0.5, 0.6) is 17.2 Å². The van der Waals surface area contributed by atoms with E-state index in [-0.39, 0.29) is 13.2 Å². The first-order valence-electron chi connectivity index (χ1n) is 10.9. The summed E-state index contributed by atoms with van der Waals surface area (Å²) in [5.74, 6) is 1.75. The number of para-hydroxylation sites is 1. The molecule has 0 aliphatic rings. The molecule has 32 heavy (non-hydrogen) atoms. The van der Waals surface area contributed by atoms with Gasteiger partial charge in [-0.3, -0.25) is 0 Å². The molecular formula is C27H30O5. The second-order valence-corrected chi connectivity index (χ2v) is 7.55. The zero-order chi connectivity index (χ0) is 22.8. The van der Waals surface area contributed by atoms with E-state index in [0.717, 1.165) is 29.4 Å². The van der Waals surface area contributed by atoms with Crippen molar-refractivity contribution >= 4 is 16.7 Å². The van der Waals surface area contributed by atoms with E-state index < -0.39 is 12.1 Å². The fourth-order valence-corrected chi connectivity index (χ4v) is 3.08. The fourth-order valence-electron chi connectivity index (χ4n) is 3.08. The van der Waals surface area contributed by atoms with E-state index in [9.17, 15) is 4.79 Å². The molecule has 168 valence electrons. The van der Waals surface area contributed by atoms with Gasteiger partial charge in [0.1, 0.15) is 30.5 Å². The van der Waals surface area contributed by atoms with E-state index in [2.05, 4.69) is 13.5 Å². The third kappa shape index (κ3) is 6.51. The van der Waals surface area contributed by atoms with Crippen LogP contribution in [0, 0.1) is 0 Å². The molecule has 5 heteroatoms. The van der Waals surface area contributed by atoms with Crippen molar-refractivity contribution in [1.29, 1.82) is 0 Å². The first kappa shape index (κ1) is 23.2. The lowest BCUT2D eigenvalue weighted by Crippen LogP contribution is -2.31. The minimum Gasteiger partial charge on any atom is -0.493 e. The number of fused-ring (bicyclic) bond motifs is 1. The highest BCUT2D eigenvalue weighted by Crippen LogP contribution is 2.33. The van der Waals surface area contributed by atoms with Crippen molar-refractivity contribution in [3.05, 3.63) is 78.9 Å². The van der Waals surface area contributed by atoms with Crippen molar-refractivity contribution in [3.63, 3.8) is 0 Å². The Morgan fingerprint density at radius 1 is 0.844 bits per heavy atom. The quantitative estimate of drug-likeness (QED) is 0.200. The molecule has 0 heterocycles. The van der Waals surface area contributed by atoms with Crippen LogP contribution >= 0.6 is 0 Å². The smallest absolute Gasteiger partial charge is 0.333 e. The van der Waals surface area contributed by atoms with Gasteiger partial charge in [-0.25, -0.2) is 4.79 Å². The number of ether oxygens (including phenoxy) is 4. The van der Waals surface area contributed by atoms with E-state index in [0.29, 0.717) is 23.7 Å². The van der Waals surface area contributed by atoms with Gasteiger partial charge in [-0.05, 0) is 37.6 Å². The van der Waals surface area contributed by atoms with Gasteiger partial charge in [0.15, 0.2) is 6.10 Å². The number of carbonyl (C=O) groups is 1. The Morgan fingerprint density at radius 2 is 1.44 bits per heavy atom. The fraction of sp³-hybridized carbons (Fsp3) is 0.296. The van der Waals surface area contributed by atoms with Gasteiger partial charge >= 0.3 is 5.97 Å². The van der Waals surface area contributed by atoms with Crippen LogP contribution in [-0.4, -0.2) is 31.9 Å². The van der Waals surface area contributed by atoms with E-state index in [4.69, 9.17) is 18.9 Å². The molecule has 3 rings (SSSR count). The molecular weight excluding hydrogens is 404 g/mol. The zero-order valence-electron chi connectivity index (χ0n) is 18.7. The number of benzene rings is 3. The lowest BCUT2D eigenvalue weighted by molar-refractivity contribution is -0.147. The molecule has 1 atom stereocenters. The molecule has 1 unspecified atom stereocenters. The van der Waals surface area contributed by atoms with Crippen molar-refractivity contribution < 1.29 is 23.7 Å². The van der Waals surface area contributed by atoms with Crippen LogP contribution in [-0.2, 0) is 9.53 Å². The van der Waals surface area contributed by atoms with Gasteiger partial charge in [0, 0.05) is 16.3 Å². The van der Waals surface area contributed by atoms with Crippen molar-refractivity contribution in [3.8, 4) is 17.2 Å². The maximum Gasteiger partial charge on any atom is 0.333 e. The minimum absolute atomic E-state index is 0.145. The molecule has 3 aromatic carbocycles. The third-order valence-corrected chi connectivity index (χ3v) is 4.83. The average molecular weight is 435 g/mol.